The van der Waals surface area contributed by atoms with Gasteiger partial charge in [-0.2, -0.15) is 0 Å². The lowest BCUT2D eigenvalue weighted by atomic mass is 9.87. The van der Waals surface area contributed by atoms with Crippen molar-refractivity contribution in [1.82, 2.24) is 45.6 Å². The fourth-order valence-corrected chi connectivity index (χ4v) is 11.1. The summed E-state index contributed by atoms with van der Waals surface area (Å²) in [5.74, 6) is 0. The minimum atomic E-state index is -3.83. The van der Waals surface area contributed by atoms with Gasteiger partial charge >= 0.3 is 0 Å². The first kappa shape index (κ1) is 55.1. The maximum atomic E-state index is 13.0. The second-order valence-electron chi connectivity index (χ2n) is 18.7. The largest absolute Gasteiger partial charge is 0.343 e. The smallest absolute Gasteiger partial charge is 0.261 e. The van der Waals surface area contributed by atoms with Crippen LogP contribution in [0.5, 0.6) is 0 Å². The molecule has 20 heteroatoms. The van der Waals surface area contributed by atoms with E-state index in [1.54, 1.807) is 91.5 Å². The maximum Gasteiger partial charge on any atom is 0.261 e. The Bertz CT molecular complexity index is 3210. The van der Waals surface area contributed by atoms with Crippen LogP contribution in [0.1, 0.15) is 78.4 Å². The number of likely N-dealkylation sites (N-methyl/N-ethyl adjacent to an activating group) is 2. The molecule has 1 saturated carbocycles. The number of aromatic nitrogens is 7. The number of anilines is 2. The number of H-pyrrole nitrogens is 1. The van der Waals surface area contributed by atoms with Gasteiger partial charge in [0.2, 0.25) is 5.65 Å². The van der Waals surface area contributed by atoms with Crippen LogP contribution in [-0.2, 0) is 30.9 Å². The van der Waals surface area contributed by atoms with Gasteiger partial charge < -0.3 is 15.6 Å². The standard InChI is InChI=1S/C21H20ClN5O2S.C16H17ClINO2S.C8H18N2.C6H5N3/c1-21(2,3)14-6-9-16(10-7-14)30(28,29)25-17-11-8-15(22)13-19(17)27-18-5-4-12-23-20(18)24-26-27;1-16(2,3)11-4-7-13(8-5-11)22(20,21)19-15-9-6-12(17)10-14(15)18;1-9-7-5-3-4-6-8(7)10-2;1-2-5-6(7-3-1)9-4-8-5/h4-13,25H,1-3H3;4-10,19H,1-3H3;7-10H,3-6H2,1-2H3;1-4H,(H,7,8,9)/t;;7-,8-;/m..1./s1. The fourth-order valence-electron chi connectivity index (χ4n) is 7.56. The molecule has 1 aliphatic rings. The molecule has 0 amide bonds. The molecule has 0 saturated heterocycles. The van der Waals surface area contributed by atoms with Gasteiger partial charge in [0.25, 0.3) is 20.0 Å². The van der Waals surface area contributed by atoms with Gasteiger partial charge in [-0.1, -0.05) is 107 Å². The van der Waals surface area contributed by atoms with E-state index < -0.39 is 20.0 Å². The molecule has 8 aromatic rings. The van der Waals surface area contributed by atoms with E-state index >= 15 is 0 Å². The highest BCUT2D eigenvalue weighted by Crippen LogP contribution is 2.31. The highest BCUT2D eigenvalue weighted by Gasteiger charge is 2.23. The van der Waals surface area contributed by atoms with Crippen LogP contribution < -0.4 is 20.1 Å². The molecule has 0 spiro atoms. The fraction of sp³-hybridized carbons (Fsp3) is 0.314. The van der Waals surface area contributed by atoms with E-state index in [1.807, 2.05) is 59.0 Å². The Morgan fingerprint density at radius 1 is 0.634 bits per heavy atom. The number of fused-ring (bicyclic) bond motifs is 2. The molecule has 4 heterocycles. The number of hydrogen-bond donors (Lipinski definition) is 5. The summed E-state index contributed by atoms with van der Waals surface area (Å²) in [5, 5.41) is 15.8. The van der Waals surface area contributed by atoms with Gasteiger partial charge in [0, 0.05) is 38.1 Å². The summed E-state index contributed by atoms with van der Waals surface area (Å²) in [6.45, 7) is 12.5. The molecule has 0 unspecified atom stereocenters. The molecule has 71 heavy (non-hydrogen) atoms. The molecule has 376 valence electrons. The summed E-state index contributed by atoms with van der Waals surface area (Å²) in [7, 11) is -3.32. The van der Waals surface area contributed by atoms with Crippen LogP contribution in [0.25, 0.3) is 28.0 Å². The minimum Gasteiger partial charge on any atom is -0.343 e. The van der Waals surface area contributed by atoms with Gasteiger partial charge in [0.05, 0.1) is 38.7 Å². The molecular weight excluding hydrogens is 1090 g/mol. The first-order chi connectivity index (χ1) is 33.6. The number of imidazole rings is 1. The van der Waals surface area contributed by atoms with E-state index in [9.17, 15) is 16.8 Å². The summed E-state index contributed by atoms with van der Waals surface area (Å²) in [6.07, 6.45) is 10.4. The topological polar surface area (TPSA) is 202 Å². The lowest BCUT2D eigenvalue weighted by Gasteiger charge is -2.30. The van der Waals surface area contributed by atoms with E-state index in [0.717, 1.165) is 25.9 Å². The average molecular weight is 1150 g/mol. The second-order valence-corrected chi connectivity index (χ2v) is 24.1. The lowest BCUT2D eigenvalue weighted by Crippen LogP contribution is -2.47. The molecule has 1 fully saturated rings. The van der Waals surface area contributed by atoms with Crippen LogP contribution in [0.3, 0.4) is 0 Å². The first-order valence-electron chi connectivity index (χ1n) is 22.9. The Kier molecular flexibility index (Phi) is 18.6. The van der Waals surface area contributed by atoms with Crippen LogP contribution in [0.15, 0.2) is 138 Å². The van der Waals surface area contributed by atoms with Gasteiger partial charge in [0.1, 0.15) is 5.52 Å². The predicted octanol–water partition coefficient (Wildman–Crippen LogP) is 11.3. The average Bonchev–Trinajstić information content (AvgIpc) is 4.01. The van der Waals surface area contributed by atoms with E-state index in [4.69, 9.17) is 23.2 Å². The third kappa shape index (κ3) is 14.9. The molecule has 1 aliphatic carbocycles. The molecule has 9 rings (SSSR count). The SMILES string of the molecule is CC(C)(C)c1ccc(S(=O)(=O)Nc2ccc(Cl)cc2-n2nnc3ncccc32)cc1.CC(C)(C)c1ccc(S(=O)(=O)Nc2ccc(Cl)cc2I)cc1.CN[C@@H]1CCCC[C@H]1NC.c1cnc2nc[nH]c2c1. The third-order valence-corrected chi connectivity index (χ3v) is 15.7. The zero-order valence-electron chi connectivity index (χ0n) is 40.9. The van der Waals surface area contributed by atoms with Crippen molar-refractivity contribution in [2.45, 2.75) is 99.9 Å². The number of sulfonamides is 2. The maximum absolute atomic E-state index is 13.0. The summed E-state index contributed by atoms with van der Waals surface area (Å²) in [5.41, 5.74) is 6.20. The van der Waals surface area contributed by atoms with Gasteiger partial charge in [-0.3, -0.25) is 9.44 Å². The summed E-state index contributed by atoms with van der Waals surface area (Å²) in [6, 6.07) is 32.5. The van der Waals surface area contributed by atoms with Crippen molar-refractivity contribution in [3.05, 3.63) is 153 Å². The van der Waals surface area contributed by atoms with Gasteiger partial charge in [-0.25, -0.2) is 36.5 Å². The molecule has 4 aromatic heterocycles. The second kappa shape index (κ2) is 24.0. The number of benzene rings is 4. The third-order valence-electron chi connectivity index (χ3n) is 11.6. The first-order valence-corrected chi connectivity index (χ1v) is 27.7. The van der Waals surface area contributed by atoms with Crippen molar-refractivity contribution in [2.24, 2.45) is 0 Å². The zero-order chi connectivity index (χ0) is 51.6. The van der Waals surface area contributed by atoms with Crippen LogP contribution in [0.4, 0.5) is 11.4 Å². The van der Waals surface area contributed by atoms with Crippen LogP contribution in [0.2, 0.25) is 10.0 Å². The quantitative estimate of drug-likeness (QED) is 0.0861. The van der Waals surface area contributed by atoms with E-state index in [2.05, 4.69) is 106 Å². The molecule has 2 atom stereocenters. The Morgan fingerprint density at radius 3 is 1.63 bits per heavy atom. The molecular formula is C51H60Cl2IN11O4S2. The lowest BCUT2D eigenvalue weighted by molar-refractivity contribution is 0.309. The van der Waals surface area contributed by atoms with Crippen LogP contribution in [0, 0.1) is 3.57 Å². The van der Waals surface area contributed by atoms with Crippen molar-refractivity contribution in [1.29, 1.82) is 0 Å². The Labute approximate surface area is 440 Å². The summed E-state index contributed by atoms with van der Waals surface area (Å²) < 4.78 is 58.5. The van der Waals surface area contributed by atoms with Crippen molar-refractivity contribution in [2.75, 3.05) is 23.5 Å². The van der Waals surface area contributed by atoms with E-state index in [-0.39, 0.29) is 20.6 Å². The summed E-state index contributed by atoms with van der Waals surface area (Å²) >= 11 is 14.1. The number of hydrogen-bond acceptors (Lipinski definition) is 11. The number of rotatable bonds is 9. The van der Waals surface area contributed by atoms with Gasteiger partial charge in [-0.05, 0) is 156 Å². The van der Waals surface area contributed by atoms with Gasteiger partial charge in [0.15, 0.2) is 5.65 Å². The molecule has 0 bridgehead atoms. The van der Waals surface area contributed by atoms with Crippen LogP contribution >= 0.6 is 45.8 Å². The van der Waals surface area contributed by atoms with E-state index in [1.165, 1.54) is 30.4 Å². The molecule has 4 aromatic carbocycles. The molecule has 0 radical (unpaired) electrons. The number of nitrogens with one attached hydrogen (secondary N) is 5. The highest BCUT2D eigenvalue weighted by atomic mass is 127. The number of nitrogens with zero attached hydrogens (tertiary/aromatic N) is 6. The number of aromatic amines is 1. The Morgan fingerprint density at radius 2 is 1.13 bits per heavy atom. The molecule has 5 N–H and O–H groups in total. The highest BCUT2D eigenvalue weighted by molar-refractivity contribution is 14.1. The Balaban J connectivity index is 0.000000174. The van der Waals surface area contributed by atoms with E-state index in [0.29, 0.717) is 50.4 Å². The minimum absolute atomic E-state index is 0.0126. The monoisotopic (exact) mass is 1150 g/mol. The van der Waals surface area contributed by atoms with Crippen molar-refractivity contribution >= 4 is 99.5 Å². The van der Waals surface area contributed by atoms with Gasteiger partial charge in [-0.15, -0.1) is 5.10 Å². The van der Waals surface area contributed by atoms with Crippen molar-refractivity contribution in [3.8, 4) is 5.69 Å². The number of pyridine rings is 2. The van der Waals surface area contributed by atoms with Crippen molar-refractivity contribution < 1.29 is 16.8 Å². The predicted molar refractivity (Wildman–Crippen MR) is 296 cm³/mol. The molecule has 15 nitrogen and oxygen atoms in total. The summed E-state index contributed by atoms with van der Waals surface area (Å²) in [4.78, 5) is 15.5. The molecule has 0 aliphatic heterocycles. The Hall–Kier alpha value is -5.22. The van der Waals surface area contributed by atoms with Crippen molar-refractivity contribution in [3.63, 3.8) is 0 Å². The number of halogens is 3. The van der Waals surface area contributed by atoms with Crippen LogP contribution in [-0.4, -0.2) is 77.9 Å². The normalized spacial score (nSPS) is 15.1. The zero-order valence-corrected chi connectivity index (χ0v) is 46.2.